The third kappa shape index (κ3) is 7.88. The number of likely N-dealkylation sites (tertiary alicyclic amines) is 1. The first kappa shape index (κ1) is 40.5. The number of hydrogen-bond donors (Lipinski definition) is 4. The lowest BCUT2D eigenvalue weighted by molar-refractivity contribution is -0.145. The van der Waals surface area contributed by atoms with E-state index in [1.165, 1.54) is 29.2 Å². The number of urea groups is 1. The molecule has 0 radical (unpaired) electrons. The fraction of sp³-hybridized carbons (Fsp3) is 0.622. The molecule has 52 heavy (non-hydrogen) atoms. The molecule has 0 bridgehead atoms. The van der Waals surface area contributed by atoms with Crippen molar-refractivity contribution in [3.8, 4) is 0 Å². The van der Waals surface area contributed by atoms with Gasteiger partial charge in [0.05, 0.1) is 24.2 Å². The number of ketones is 1. The van der Waals surface area contributed by atoms with Crippen LogP contribution < -0.4 is 21.3 Å². The Labute approximate surface area is 306 Å². The highest BCUT2D eigenvalue weighted by Gasteiger charge is 2.70. The average molecular weight is 743 g/mol. The summed E-state index contributed by atoms with van der Waals surface area (Å²) < 4.78 is 27.4. The fourth-order valence-electron chi connectivity index (χ4n) is 7.30. The Morgan fingerprint density at radius 3 is 2.19 bits per heavy atom. The molecule has 1 aromatic rings. The maximum absolute atomic E-state index is 14.4. The van der Waals surface area contributed by atoms with Crippen molar-refractivity contribution in [2.75, 3.05) is 19.6 Å². The van der Waals surface area contributed by atoms with Gasteiger partial charge in [0.25, 0.3) is 21.8 Å². The number of nitrogens with one attached hydrogen (secondary N) is 4. The molecular formula is C37H54N6O8S. The zero-order valence-corrected chi connectivity index (χ0v) is 32.5. The van der Waals surface area contributed by atoms with Crippen LogP contribution in [0.2, 0.25) is 0 Å². The first-order chi connectivity index (χ1) is 24.0. The number of sulfonamides is 1. The molecule has 0 spiro atoms. The monoisotopic (exact) mass is 742 g/mol. The summed E-state index contributed by atoms with van der Waals surface area (Å²) in [7, 11) is -4.14. The number of hydrogen-bond acceptors (Lipinski definition) is 8. The van der Waals surface area contributed by atoms with Crippen LogP contribution in [0, 0.1) is 28.1 Å². The second-order valence-electron chi connectivity index (χ2n) is 16.8. The Balaban J connectivity index is 1.54. The summed E-state index contributed by atoms with van der Waals surface area (Å²) in [6.45, 7) is 20.1. The molecule has 2 fully saturated rings. The first-order valence-corrected chi connectivity index (χ1v) is 19.2. The van der Waals surface area contributed by atoms with Gasteiger partial charge in [-0.1, -0.05) is 86.9 Å². The number of benzene rings is 1. The molecule has 1 saturated heterocycles. The van der Waals surface area contributed by atoms with E-state index in [0.717, 1.165) is 4.31 Å². The van der Waals surface area contributed by atoms with E-state index in [0.29, 0.717) is 6.42 Å². The van der Waals surface area contributed by atoms with Crippen LogP contribution in [0.25, 0.3) is 0 Å². The van der Waals surface area contributed by atoms with Gasteiger partial charge in [-0.05, 0) is 46.6 Å². The van der Waals surface area contributed by atoms with Gasteiger partial charge in [0.2, 0.25) is 17.6 Å². The van der Waals surface area contributed by atoms with Crippen LogP contribution in [-0.4, -0.2) is 96.9 Å². The van der Waals surface area contributed by atoms with Crippen molar-refractivity contribution in [3.05, 3.63) is 42.5 Å². The van der Waals surface area contributed by atoms with Crippen LogP contribution in [0.3, 0.4) is 0 Å². The smallest absolute Gasteiger partial charge is 0.315 e. The zero-order chi connectivity index (χ0) is 39.1. The summed E-state index contributed by atoms with van der Waals surface area (Å²) in [6.07, 6.45) is 2.18. The number of piperidine rings is 1. The first-order valence-electron chi connectivity index (χ1n) is 17.8. The molecule has 2 heterocycles. The lowest BCUT2D eigenvalue weighted by Crippen LogP contribution is -2.62. The molecule has 14 nitrogen and oxygen atoms in total. The molecule has 6 amide bonds. The second kappa shape index (κ2) is 14.6. The van der Waals surface area contributed by atoms with Crippen molar-refractivity contribution >= 4 is 45.5 Å². The summed E-state index contributed by atoms with van der Waals surface area (Å²) in [5.41, 5.74) is -1.75. The molecule has 4 rings (SSSR count). The molecule has 0 aromatic heterocycles. The zero-order valence-electron chi connectivity index (χ0n) is 31.7. The Morgan fingerprint density at radius 1 is 1.00 bits per heavy atom. The second-order valence-corrected chi connectivity index (χ2v) is 18.6. The fourth-order valence-corrected chi connectivity index (χ4v) is 8.88. The molecule has 286 valence electrons. The van der Waals surface area contributed by atoms with Gasteiger partial charge >= 0.3 is 6.03 Å². The van der Waals surface area contributed by atoms with Gasteiger partial charge in [-0.25, -0.2) is 17.5 Å². The molecule has 2 aliphatic heterocycles. The van der Waals surface area contributed by atoms with Crippen LogP contribution in [0.5, 0.6) is 0 Å². The Morgan fingerprint density at radius 2 is 1.63 bits per heavy atom. The van der Waals surface area contributed by atoms with Crippen LogP contribution >= 0.6 is 0 Å². The Bertz CT molecular complexity index is 1740. The quantitative estimate of drug-likeness (QED) is 0.175. The number of Topliss-reactive ketones (excluding diaryl/α,β-unsaturated/α-hetero) is 1. The third-order valence-electron chi connectivity index (χ3n) is 10.6. The van der Waals surface area contributed by atoms with Crippen molar-refractivity contribution in [2.45, 2.75) is 104 Å². The van der Waals surface area contributed by atoms with Crippen molar-refractivity contribution in [3.63, 3.8) is 0 Å². The predicted molar refractivity (Wildman–Crippen MR) is 194 cm³/mol. The minimum atomic E-state index is -4.14. The van der Waals surface area contributed by atoms with Crippen LogP contribution in [0.4, 0.5) is 4.79 Å². The minimum absolute atomic E-state index is 0.00667. The molecule has 1 saturated carbocycles. The van der Waals surface area contributed by atoms with Crippen LogP contribution in [0.15, 0.2) is 41.8 Å². The van der Waals surface area contributed by atoms with Gasteiger partial charge in [0, 0.05) is 13.1 Å². The minimum Gasteiger partial charge on any atom is -0.346 e. The molecule has 6 atom stereocenters. The topological polar surface area (TPSA) is 191 Å². The van der Waals surface area contributed by atoms with Crippen molar-refractivity contribution < 1.29 is 37.2 Å². The van der Waals surface area contributed by atoms with E-state index in [2.05, 4.69) is 27.8 Å². The molecule has 1 aliphatic carbocycles. The third-order valence-corrected chi connectivity index (χ3v) is 12.4. The SMILES string of the molecule is C=CCNC(=O)C(=O)C(CCC)NC(=O)[C@@H]1[C@@H]2[C@H](CN1C(=O)[C@@H](NC(=O)NC(CN1C(=O)c3ccccc3S1(=O)=O)C(C)(C)C)C(C)(C)C)C2(C)C. The number of carbonyl (C=O) groups excluding carboxylic acids is 6. The maximum atomic E-state index is 14.4. The summed E-state index contributed by atoms with van der Waals surface area (Å²) in [5.74, 6) is -3.54. The average Bonchev–Trinajstić information content (AvgIpc) is 3.31. The standard InChI is InChI=1S/C37H54N6O8S/c1-11-15-23(28(44)31(46)38-18-12-2)39-30(45)27-26-22(37(26,9)10)19-42(27)33(48)29(36(6,7)8)41-34(49)40-25(35(3,4)5)20-43-32(47)21-16-13-14-17-24(21)52(43,50)51/h12-14,16-17,22-23,25-27,29H,2,11,15,18-20H2,1,3-10H3,(H,38,46)(H,39,45)(H2,40,41,49)/t22-,23?,25?,26-,27-,29+/m0/s1. The van der Waals surface area contributed by atoms with Crippen molar-refractivity contribution in [2.24, 2.45) is 28.1 Å². The number of fused-ring (bicyclic) bond motifs is 2. The molecule has 3 aliphatic rings. The van der Waals surface area contributed by atoms with E-state index in [1.807, 2.05) is 20.8 Å². The normalized spacial score (nSPS) is 23.0. The maximum Gasteiger partial charge on any atom is 0.315 e. The van der Waals surface area contributed by atoms with E-state index in [9.17, 15) is 37.2 Å². The summed E-state index contributed by atoms with van der Waals surface area (Å²) in [4.78, 5) is 82.2. The van der Waals surface area contributed by atoms with Gasteiger partial charge in [0.1, 0.15) is 17.0 Å². The van der Waals surface area contributed by atoms with E-state index < -0.39 is 80.5 Å². The van der Waals surface area contributed by atoms with E-state index in [4.69, 9.17) is 0 Å². The predicted octanol–water partition coefficient (Wildman–Crippen LogP) is 2.60. The summed E-state index contributed by atoms with van der Waals surface area (Å²) in [6, 6.07) is 1.18. The highest BCUT2D eigenvalue weighted by molar-refractivity contribution is 7.90. The molecule has 2 unspecified atom stereocenters. The van der Waals surface area contributed by atoms with Crippen LogP contribution in [-0.2, 0) is 29.2 Å². The van der Waals surface area contributed by atoms with Gasteiger partial charge in [0.15, 0.2) is 0 Å². The molecule has 4 N–H and O–H groups in total. The lowest BCUT2D eigenvalue weighted by Gasteiger charge is -2.39. The van der Waals surface area contributed by atoms with E-state index in [-0.39, 0.29) is 53.8 Å². The number of amides is 6. The van der Waals surface area contributed by atoms with Gasteiger partial charge in [-0.15, -0.1) is 6.58 Å². The van der Waals surface area contributed by atoms with E-state index >= 15 is 0 Å². The molecule has 15 heteroatoms. The summed E-state index contributed by atoms with van der Waals surface area (Å²) in [5, 5.41) is 10.8. The van der Waals surface area contributed by atoms with Gasteiger partial charge in [-0.3, -0.25) is 24.0 Å². The lowest BCUT2D eigenvalue weighted by atomic mass is 9.85. The number of rotatable bonds is 13. The van der Waals surface area contributed by atoms with Crippen molar-refractivity contribution in [1.29, 1.82) is 0 Å². The Hall–Kier alpha value is -4.27. The number of nitrogens with zero attached hydrogens (tertiary/aromatic N) is 2. The molecule has 1 aromatic carbocycles. The van der Waals surface area contributed by atoms with Crippen LogP contribution in [0.1, 0.15) is 85.5 Å². The van der Waals surface area contributed by atoms with E-state index in [1.54, 1.807) is 47.6 Å². The number of carbonyl (C=O) groups is 6. The largest absolute Gasteiger partial charge is 0.346 e. The summed E-state index contributed by atoms with van der Waals surface area (Å²) >= 11 is 0. The molecular weight excluding hydrogens is 689 g/mol. The van der Waals surface area contributed by atoms with Gasteiger partial charge < -0.3 is 26.2 Å². The highest BCUT2D eigenvalue weighted by Crippen LogP contribution is 2.65. The van der Waals surface area contributed by atoms with Crippen molar-refractivity contribution in [1.82, 2.24) is 30.5 Å². The highest BCUT2D eigenvalue weighted by atomic mass is 32.2. The van der Waals surface area contributed by atoms with Gasteiger partial charge in [-0.2, -0.15) is 0 Å². The Kier molecular flexibility index (Phi) is 11.4.